The molecule has 0 bridgehead atoms. The second-order valence-electron chi connectivity index (χ2n) is 16.6. The molecule has 3 amide bonds. The molecule has 1 saturated heterocycles. The van der Waals surface area contributed by atoms with Crippen molar-refractivity contribution in [3.05, 3.63) is 77.7 Å². The quantitative estimate of drug-likeness (QED) is 0.0803. The van der Waals surface area contributed by atoms with E-state index in [4.69, 9.17) is 19.4 Å². The topological polar surface area (TPSA) is 172 Å². The van der Waals surface area contributed by atoms with E-state index < -0.39 is 73.5 Å². The van der Waals surface area contributed by atoms with E-state index in [1.165, 1.54) is 16.2 Å². The number of thiazole rings is 1. The fourth-order valence-electron chi connectivity index (χ4n) is 8.22. The van der Waals surface area contributed by atoms with Gasteiger partial charge < -0.3 is 35.2 Å². The minimum atomic E-state index is -4.57. The lowest BCUT2D eigenvalue weighted by Crippen LogP contribution is -2.55. The van der Waals surface area contributed by atoms with E-state index >= 15 is 0 Å². The molecule has 0 spiro atoms. The second kappa shape index (κ2) is 18.8. The lowest BCUT2D eigenvalue weighted by molar-refractivity contribution is -0.146. The minimum Gasteiger partial charge on any atom is -0.497 e. The van der Waals surface area contributed by atoms with Gasteiger partial charge in [0.2, 0.25) is 25.1 Å². The van der Waals surface area contributed by atoms with Gasteiger partial charge in [0.05, 0.1) is 37.4 Å². The maximum Gasteiger partial charge on any atom is 0.389 e. The highest BCUT2D eigenvalue weighted by Gasteiger charge is 2.66. The molecule has 2 aromatic carbocycles. The van der Waals surface area contributed by atoms with Gasteiger partial charge in [-0.25, -0.2) is 9.97 Å². The molecule has 62 heavy (non-hydrogen) atoms. The summed E-state index contributed by atoms with van der Waals surface area (Å²) in [6.07, 6.45) is -1.17. The summed E-state index contributed by atoms with van der Waals surface area (Å²) in [7, 11) is -2.60. The molecule has 2 fully saturated rings. The van der Waals surface area contributed by atoms with Crippen LogP contribution in [0.2, 0.25) is 0 Å². The van der Waals surface area contributed by atoms with Crippen LogP contribution in [0, 0.1) is 5.92 Å². The van der Waals surface area contributed by atoms with Crippen LogP contribution in [0.1, 0.15) is 77.2 Å². The standard InChI is InChI=1S/C44H52F3N6O7PS/c1-27(2)48-42-51-36(26-62-42)35-22-38(32-17-16-30(59-3)20-34(32)49-35)60-31-21-37-40(55)52-43(61(57,58)25-28-12-8-7-9-13-28)23-29(43)14-10-5-4-6-11-15-33(41(56)53(37)24-31)50-39(54)18-19-44(45,46)47/h7-10,12-14,16-17,20,22,26-27,29,31,33,37H,4-6,11,15,18-19,21,23-25H2,1-3H3,(H,48,51)(H,50,54)(H,52,55)(H,57,58)/t29-,31-,33+,37+,43+/m1/s1. The van der Waals surface area contributed by atoms with Gasteiger partial charge >= 0.3 is 6.18 Å². The zero-order chi connectivity index (χ0) is 44.2. The van der Waals surface area contributed by atoms with E-state index in [0.717, 1.165) is 0 Å². The molecule has 2 aromatic heterocycles. The number of anilines is 1. The monoisotopic (exact) mass is 896 g/mol. The first-order valence-electron chi connectivity index (χ1n) is 20.9. The van der Waals surface area contributed by atoms with E-state index in [1.807, 2.05) is 31.4 Å². The largest absolute Gasteiger partial charge is 0.497 e. The molecule has 332 valence electrons. The summed E-state index contributed by atoms with van der Waals surface area (Å²) in [5, 5.41) is 10.5. The average molecular weight is 897 g/mol. The van der Waals surface area contributed by atoms with Gasteiger partial charge in [-0.15, -0.1) is 11.3 Å². The van der Waals surface area contributed by atoms with E-state index in [1.54, 1.807) is 61.7 Å². The van der Waals surface area contributed by atoms with E-state index in [-0.39, 0.29) is 38.0 Å². The van der Waals surface area contributed by atoms with Crippen LogP contribution in [0.5, 0.6) is 11.5 Å². The fourth-order valence-corrected chi connectivity index (χ4v) is 11.4. The molecule has 4 heterocycles. The molecule has 18 heteroatoms. The Bertz CT molecular complexity index is 2350. The van der Waals surface area contributed by atoms with E-state index in [9.17, 15) is 37.0 Å². The summed E-state index contributed by atoms with van der Waals surface area (Å²) in [5.41, 5.74) is 2.27. The molecule has 3 aliphatic rings. The number of amides is 3. The van der Waals surface area contributed by atoms with Crippen LogP contribution in [0.15, 0.2) is 72.1 Å². The van der Waals surface area contributed by atoms with Crippen molar-refractivity contribution in [1.29, 1.82) is 0 Å². The number of ether oxygens (including phenoxy) is 2. The highest BCUT2D eigenvalue weighted by molar-refractivity contribution is 7.59. The third kappa shape index (κ3) is 10.6. The van der Waals surface area contributed by atoms with Crippen LogP contribution in [-0.4, -0.2) is 86.8 Å². The van der Waals surface area contributed by atoms with E-state index in [0.29, 0.717) is 70.2 Å². The summed E-state index contributed by atoms with van der Waals surface area (Å²) in [5.74, 6) is -1.74. The number of methoxy groups -OCH3 is 1. The van der Waals surface area contributed by atoms with Crippen LogP contribution in [-0.2, 0) is 25.1 Å². The van der Waals surface area contributed by atoms with Crippen LogP contribution in [0.4, 0.5) is 18.3 Å². The number of halogens is 3. The lowest BCUT2D eigenvalue weighted by atomic mass is 10.0. The number of rotatable bonds is 12. The molecule has 7 rings (SSSR count). The minimum absolute atomic E-state index is 0.0359. The smallest absolute Gasteiger partial charge is 0.389 e. The number of hydrogen-bond donors (Lipinski definition) is 4. The summed E-state index contributed by atoms with van der Waals surface area (Å²) in [6, 6.07) is 13.6. The first-order chi connectivity index (χ1) is 29.5. The molecular weight excluding hydrogens is 845 g/mol. The number of alkyl halides is 3. The van der Waals surface area contributed by atoms with Gasteiger partial charge in [-0.2, -0.15) is 13.2 Å². The number of allylic oxidation sites excluding steroid dienone is 1. The van der Waals surface area contributed by atoms with Crippen molar-refractivity contribution in [3.63, 3.8) is 0 Å². The molecule has 2 aliphatic heterocycles. The Morgan fingerprint density at radius 1 is 1.10 bits per heavy atom. The molecule has 1 unspecified atom stereocenters. The molecular formula is C44H52F3N6O7PS. The van der Waals surface area contributed by atoms with Crippen molar-refractivity contribution in [2.45, 2.75) is 113 Å². The van der Waals surface area contributed by atoms with E-state index in [2.05, 4.69) is 16.0 Å². The Labute approximate surface area is 362 Å². The number of benzene rings is 2. The van der Waals surface area contributed by atoms with Crippen LogP contribution in [0.3, 0.4) is 0 Å². The molecule has 4 aromatic rings. The molecule has 4 N–H and O–H groups in total. The predicted molar refractivity (Wildman–Crippen MR) is 231 cm³/mol. The van der Waals surface area contributed by atoms with Crippen molar-refractivity contribution in [2.75, 3.05) is 19.0 Å². The molecule has 6 atom stereocenters. The Morgan fingerprint density at radius 2 is 1.89 bits per heavy atom. The molecule has 1 aliphatic carbocycles. The van der Waals surface area contributed by atoms with Crippen molar-refractivity contribution < 1.29 is 46.5 Å². The zero-order valence-corrected chi connectivity index (χ0v) is 36.5. The third-order valence-corrected chi connectivity index (χ3v) is 14.9. The van der Waals surface area contributed by atoms with Crippen LogP contribution < -0.4 is 25.4 Å². The number of nitrogens with zero attached hydrogens (tertiary/aromatic N) is 3. The van der Waals surface area contributed by atoms with Gasteiger partial charge in [0.1, 0.15) is 40.7 Å². The lowest BCUT2D eigenvalue weighted by Gasteiger charge is -2.31. The summed E-state index contributed by atoms with van der Waals surface area (Å²) in [6.45, 7) is 3.88. The summed E-state index contributed by atoms with van der Waals surface area (Å²) >= 11 is 1.42. The number of aromatic nitrogens is 2. The highest BCUT2D eigenvalue weighted by Crippen LogP contribution is 2.71. The zero-order valence-electron chi connectivity index (χ0n) is 34.8. The number of nitrogens with one attached hydrogen (secondary N) is 3. The third-order valence-electron chi connectivity index (χ3n) is 11.5. The molecule has 1 saturated carbocycles. The van der Waals surface area contributed by atoms with Crippen LogP contribution in [0.25, 0.3) is 22.3 Å². The van der Waals surface area contributed by atoms with Gasteiger partial charge in [0, 0.05) is 47.7 Å². The number of pyridine rings is 1. The van der Waals surface area contributed by atoms with Gasteiger partial charge in [0.15, 0.2) is 5.13 Å². The number of carbonyl (C=O) groups excluding carboxylic acids is 3. The van der Waals surface area contributed by atoms with Crippen molar-refractivity contribution in [1.82, 2.24) is 25.5 Å². The molecule has 0 radical (unpaired) electrons. The fraction of sp³-hybridized carbons (Fsp3) is 0.477. The number of hydrogen-bond acceptors (Lipinski definition) is 10. The Kier molecular flexibility index (Phi) is 13.6. The van der Waals surface area contributed by atoms with Crippen molar-refractivity contribution >= 4 is 52.5 Å². The summed E-state index contributed by atoms with van der Waals surface area (Å²) < 4.78 is 66.0. The van der Waals surface area contributed by atoms with Gasteiger partial charge in [-0.05, 0) is 57.2 Å². The van der Waals surface area contributed by atoms with Gasteiger partial charge in [-0.3, -0.25) is 18.9 Å². The Morgan fingerprint density at radius 3 is 2.63 bits per heavy atom. The Balaban J connectivity index is 1.23. The first-order valence-corrected chi connectivity index (χ1v) is 23.7. The van der Waals surface area contributed by atoms with Crippen molar-refractivity contribution in [2.24, 2.45) is 5.92 Å². The maximum absolute atomic E-state index is 14.7. The second-order valence-corrected chi connectivity index (χ2v) is 20.0. The number of carbonyl (C=O) groups is 3. The first kappa shape index (κ1) is 45.0. The van der Waals surface area contributed by atoms with Crippen LogP contribution >= 0.6 is 18.7 Å². The number of fused-ring (bicyclic) bond motifs is 3. The average Bonchev–Trinajstić information content (AvgIpc) is 3.49. The summed E-state index contributed by atoms with van der Waals surface area (Å²) in [4.78, 5) is 65.0. The Hall–Kier alpha value is -4.99. The van der Waals surface area contributed by atoms with Gasteiger partial charge in [-0.1, -0.05) is 55.3 Å². The highest BCUT2D eigenvalue weighted by atomic mass is 32.1. The van der Waals surface area contributed by atoms with Gasteiger partial charge in [0.25, 0.3) is 0 Å². The van der Waals surface area contributed by atoms with Crippen molar-refractivity contribution in [3.8, 4) is 22.9 Å². The maximum atomic E-state index is 14.7. The SMILES string of the molecule is COc1ccc2c(O[C@@H]3C[C@H]4C(=O)N[C@]5(P(=O)(O)Cc6ccccc6)C[C@H]5C=CCCCCC[C@H](NC(=O)CCC(F)(F)F)C(=O)N4C3)cc(-c3csc(NC(C)C)n3)nc2c1. The molecule has 13 nitrogen and oxygen atoms in total. The normalized spacial score (nSPS) is 24.3. The predicted octanol–water partition coefficient (Wildman–Crippen LogP) is 8.19.